The van der Waals surface area contributed by atoms with Crippen LogP contribution in [0.5, 0.6) is 0 Å². The van der Waals surface area contributed by atoms with Gasteiger partial charge in [0.2, 0.25) is 0 Å². The lowest BCUT2D eigenvalue weighted by atomic mass is 10.1. The molecule has 0 aromatic heterocycles. The summed E-state index contributed by atoms with van der Waals surface area (Å²) in [6.45, 7) is 6.54. The number of thioether (sulfide) groups is 1. The number of aliphatic hydroxyl groups excluding tert-OH is 1. The molecule has 3 N–H and O–H groups in total. The van der Waals surface area contributed by atoms with Crippen LogP contribution in [0.25, 0.3) is 0 Å². The zero-order chi connectivity index (χ0) is 8.91. The van der Waals surface area contributed by atoms with Crippen LogP contribution in [0.2, 0.25) is 0 Å². The Labute approximate surface area is 73.6 Å². The van der Waals surface area contributed by atoms with Gasteiger partial charge in [-0.05, 0) is 13.3 Å². The van der Waals surface area contributed by atoms with Crippen molar-refractivity contribution in [2.45, 2.75) is 38.0 Å². The van der Waals surface area contributed by atoms with E-state index in [0.29, 0.717) is 0 Å². The molecule has 0 saturated heterocycles. The van der Waals surface area contributed by atoms with Gasteiger partial charge in [-0.3, -0.25) is 0 Å². The van der Waals surface area contributed by atoms with Gasteiger partial charge < -0.3 is 10.8 Å². The van der Waals surface area contributed by atoms with E-state index in [4.69, 9.17) is 10.8 Å². The first-order chi connectivity index (χ1) is 4.98. The molecule has 0 aliphatic rings. The van der Waals surface area contributed by atoms with E-state index in [1.54, 1.807) is 0 Å². The molecule has 1 unspecified atom stereocenters. The maximum absolute atomic E-state index is 8.72. The second kappa shape index (κ2) is 5.01. The summed E-state index contributed by atoms with van der Waals surface area (Å²) >= 11 is 1.83. The van der Waals surface area contributed by atoms with Crippen LogP contribution < -0.4 is 5.73 Å². The minimum Gasteiger partial charge on any atom is -0.396 e. The molecule has 0 heterocycles. The fraction of sp³-hybridized carbons (Fsp3) is 1.00. The Balaban J connectivity index is 3.54. The fourth-order valence-electron chi connectivity index (χ4n) is 0.698. The maximum Gasteiger partial charge on any atom is 0.0444 e. The Morgan fingerprint density at radius 1 is 1.55 bits per heavy atom. The van der Waals surface area contributed by atoms with Gasteiger partial charge in [0.05, 0.1) is 0 Å². The number of rotatable bonds is 5. The lowest BCUT2D eigenvalue weighted by molar-refractivity contribution is 0.275. The average molecular weight is 177 g/mol. The molecule has 0 saturated carbocycles. The van der Waals surface area contributed by atoms with E-state index in [0.717, 1.165) is 12.2 Å². The molecular formula is C8H19NOS. The maximum atomic E-state index is 8.72. The molecule has 0 aromatic carbocycles. The van der Waals surface area contributed by atoms with E-state index in [9.17, 15) is 0 Å². The summed E-state index contributed by atoms with van der Waals surface area (Å²) in [5.41, 5.74) is 5.61. The monoisotopic (exact) mass is 177 g/mol. The van der Waals surface area contributed by atoms with Gasteiger partial charge in [0.15, 0.2) is 0 Å². The van der Waals surface area contributed by atoms with Gasteiger partial charge in [0, 0.05) is 23.1 Å². The zero-order valence-electron chi connectivity index (χ0n) is 7.63. The largest absolute Gasteiger partial charge is 0.396 e. The molecule has 0 bridgehead atoms. The standard InChI is InChI=1S/C8H19NOS/c1-7(9)6-11-8(2,3)4-5-10/h7,10H,4-6,9H2,1-3H3. The molecule has 0 spiro atoms. The van der Waals surface area contributed by atoms with Crippen molar-refractivity contribution in [1.29, 1.82) is 0 Å². The van der Waals surface area contributed by atoms with Crippen molar-refractivity contribution in [2.24, 2.45) is 5.73 Å². The van der Waals surface area contributed by atoms with Gasteiger partial charge in [0.1, 0.15) is 0 Å². The van der Waals surface area contributed by atoms with Crippen molar-refractivity contribution in [3.63, 3.8) is 0 Å². The van der Waals surface area contributed by atoms with Crippen LogP contribution in [-0.4, -0.2) is 28.3 Å². The number of aliphatic hydroxyl groups is 1. The predicted molar refractivity (Wildman–Crippen MR) is 51.9 cm³/mol. The molecule has 0 aliphatic heterocycles. The van der Waals surface area contributed by atoms with E-state index < -0.39 is 0 Å². The second-order valence-corrected chi connectivity index (χ2v) is 5.25. The Morgan fingerprint density at radius 2 is 2.09 bits per heavy atom. The second-order valence-electron chi connectivity index (χ2n) is 3.52. The molecule has 0 fully saturated rings. The predicted octanol–water partition coefficient (Wildman–Crippen LogP) is 1.23. The summed E-state index contributed by atoms with van der Waals surface area (Å²) < 4.78 is 0.169. The van der Waals surface area contributed by atoms with E-state index in [-0.39, 0.29) is 17.4 Å². The van der Waals surface area contributed by atoms with Crippen LogP contribution in [0.4, 0.5) is 0 Å². The number of hydrogen-bond donors (Lipinski definition) is 2. The highest BCUT2D eigenvalue weighted by molar-refractivity contribution is 8.00. The quantitative estimate of drug-likeness (QED) is 0.664. The zero-order valence-corrected chi connectivity index (χ0v) is 8.45. The summed E-state index contributed by atoms with van der Waals surface area (Å²) in [6, 6.07) is 0.248. The van der Waals surface area contributed by atoms with Crippen LogP contribution in [0.1, 0.15) is 27.2 Å². The molecular weight excluding hydrogens is 158 g/mol. The van der Waals surface area contributed by atoms with E-state index in [2.05, 4.69) is 13.8 Å². The summed E-state index contributed by atoms with van der Waals surface area (Å²) in [5.74, 6) is 0.965. The third kappa shape index (κ3) is 6.66. The lowest BCUT2D eigenvalue weighted by Gasteiger charge is -2.23. The van der Waals surface area contributed by atoms with Gasteiger partial charge in [-0.1, -0.05) is 13.8 Å². The molecule has 3 heteroatoms. The van der Waals surface area contributed by atoms with Crippen LogP contribution in [-0.2, 0) is 0 Å². The highest BCUT2D eigenvalue weighted by atomic mass is 32.2. The smallest absolute Gasteiger partial charge is 0.0444 e. The van der Waals surface area contributed by atoms with Crippen LogP contribution in [0.15, 0.2) is 0 Å². The molecule has 11 heavy (non-hydrogen) atoms. The molecule has 2 nitrogen and oxygen atoms in total. The van der Waals surface area contributed by atoms with Crippen molar-refractivity contribution in [2.75, 3.05) is 12.4 Å². The first-order valence-electron chi connectivity index (χ1n) is 3.98. The van der Waals surface area contributed by atoms with Crippen molar-refractivity contribution in [3.8, 4) is 0 Å². The van der Waals surface area contributed by atoms with Crippen LogP contribution in [0.3, 0.4) is 0 Å². The van der Waals surface area contributed by atoms with Crippen molar-refractivity contribution < 1.29 is 5.11 Å². The van der Waals surface area contributed by atoms with Crippen molar-refractivity contribution in [1.82, 2.24) is 0 Å². The highest BCUT2D eigenvalue weighted by Crippen LogP contribution is 2.27. The van der Waals surface area contributed by atoms with Crippen molar-refractivity contribution >= 4 is 11.8 Å². The third-order valence-electron chi connectivity index (χ3n) is 1.45. The molecule has 0 aliphatic carbocycles. The van der Waals surface area contributed by atoms with E-state index >= 15 is 0 Å². The van der Waals surface area contributed by atoms with E-state index in [1.807, 2.05) is 18.7 Å². The Kier molecular flexibility index (Phi) is 5.13. The lowest BCUT2D eigenvalue weighted by Crippen LogP contribution is -2.24. The number of hydrogen-bond acceptors (Lipinski definition) is 3. The van der Waals surface area contributed by atoms with Gasteiger partial charge in [-0.2, -0.15) is 11.8 Å². The molecule has 0 rings (SSSR count). The fourth-order valence-corrected chi connectivity index (χ4v) is 1.65. The van der Waals surface area contributed by atoms with Gasteiger partial charge in [0.25, 0.3) is 0 Å². The first kappa shape index (κ1) is 11.3. The Hall–Kier alpha value is 0.270. The summed E-state index contributed by atoms with van der Waals surface area (Å²) in [4.78, 5) is 0. The molecule has 0 radical (unpaired) electrons. The third-order valence-corrected chi connectivity index (χ3v) is 3.13. The molecule has 68 valence electrons. The van der Waals surface area contributed by atoms with Crippen molar-refractivity contribution in [3.05, 3.63) is 0 Å². The average Bonchev–Trinajstić information content (AvgIpc) is 1.84. The minimum atomic E-state index is 0.169. The highest BCUT2D eigenvalue weighted by Gasteiger charge is 2.17. The summed E-state index contributed by atoms with van der Waals surface area (Å²) in [6.07, 6.45) is 0.838. The van der Waals surface area contributed by atoms with Gasteiger partial charge in [-0.15, -0.1) is 0 Å². The SMILES string of the molecule is CC(N)CSC(C)(C)CCO. The van der Waals surface area contributed by atoms with Crippen LogP contribution in [0, 0.1) is 0 Å². The van der Waals surface area contributed by atoms with Gasteiger partial charge >= 0.3 is 0 Å². The van der Waals surface area contributed by atoms with Gasteiger partial charge in [-0.25, -0.2) is 0 Å². The number of nitrogens with two attached hydrogens (primary N) is 1. The Morgan fingerprint density at radius 3 is 2.45 bits per heavy atom. The molecule has 1 atom stereocenters. The molecule has 0 aromatic rings. The Bertz CT molecular complexity index is 104. The van der Waals surface area contributed by atoms with Crippen LogP contribution >= 0.6 is 11.8 Å². The normalized spacial score (nSPS) is 15.0. The topological polar surface area (TPSA) is 46.2 Å². The first-order valence-corrected chi connectivity index (χ1v) is 4.97. The summed E-state index contributed by atoms with van der Waals surface area (Å²) in [7, 11) is 0. The summed E-state index contributed by atoms with van der Waals surface area (Å²) in [5, 5.41) is 8.72. The minimum absolute atomic E-state index is 0.169. The van der Waals surface area contributed by atoms with E-state index in [1.165, 1.54) is 0 Å². The molecule has 0 amide bonds.